The molecule has 2 nitrogen and oxygen atoms in total. The summed E-state index contributed by atoms with van der Waals surface area (Å²) in [5, 5.41) is 3.95. The van der Waals surface area contributed by atoms with Crippen molar-refractivity contribution >= 4 is 34.9 Å². The van der Waals surface area contributed by atoms with Crippen molar-refractivity contribution < 1.29 is 0 Å². The lowest BCUT2D eigenvalue weighted by atomic mass is 10.4. The summed E-state index contributed by atoms with van der Waals surface area (Å²) in [4.78, 5) is 1.22. The predicted molar refractivity (Wildman–Crippen MR) is 60.9 cm³/mol. The summed E-state index contributed by atoms with van der Waals surface area (Å²) in [6.07, 6.45) is 0. The molecule has 5 heteroatoms. The molecule has 0 fully saturated rings. The van der Waals surface area contributed by atoms with Crippen molar-refractivity contribution in [3.05, 3.63) is 40.4 Å². The third kappa shape index (κ3) is 2.47. The molecule has 0 N–H and O–H groups in total. The number of rotatable bonds is 3. The van der Waals surface area contributed by atoms with E-state index in [1.54, 1.807) is 11.8 Å². The van der Waals surface area contributed by atoms with E-state index in [4.69, 9.17) is 11.6 Å². The van der Waals surface area contributed by atoms with Crippen molar-refractivity contribution in [1.29, 1.82) is 0 Å². The maximum Gasteiger partial charge on any atom is 0.138 e. The van der Waals surface area contributed by atoms with Crippen LogP contribution in [0.15, 0.2) is 35.2 Å². The average molecular weight is 243 g/mol. The van der Waals surface area contributed by atoms with Gasteiger partial charge in [-0.3, -0.25) is 0 Å². The summed E-state index contributed by atoms with van der Waals surface area (Å²) >= 11 is 8.83. The van der Waals surface area contributed by atoms with Gasteiger partial charge in [0.2, 0.25) is 0 Å². The van der Waals surface area contributed by atoms with Crippen molar-refractivity contribution in [2.24, 2.45) is 0 Å². The van der Waals surface area contributed by atoms with E-state index in [1.807, 2.05) is 18.2 Å². The largest absolute Gasteiger partial charge is 0.141 e. The minimum atomic E-state index is 0.688. The second-order valence-corrected chi connectivity index (χ2v) is 5.00. The molecular formula is C9H7ClN2S2. The van der Waals surface area contributed by atoms with Gasteiger partial charge in [-0.15, -0.1) is 16.9 Å². The number of benzene rings is 1. The summed E-state index contributed by atoms with van der Waals surface area (Å²) in [6, 6.07) is 10.2. The Balaban J connectivity index is 1.99. The monoisotopic (exact) mass is 242 g/mol. The Bertz CT molecular complexity index is 402. The molecule has 0 atom stereocenters. The molecule has 0 radical (unpaired) electrons. The van der Waals surface area contributed by atoms with Crippen LogP contribution < -0.4 is 0 Å². The van der Waals surface area contributed by atoms with Crippen molar-refractivity contribution in [2.75, 3.05) is 0 Å². The summed E-state index contributed by atoms with van der Waals surface area (Å²) in [7, 11) is 0. The average Bonchev–Trinajstić information content (AvgIpc) is 2.63. The summed E-state index contributed by atoms with van der Waals surface area (Å²) < 4.78 is 4.47. The fraction of sp³-hybridized carbons (Fsp3) is 0.111. The number of hydrogen-bond acceptors (Lipinski definition) is 4. The first-order valence-corrected chi connectivity index (χ1v) is 6.14. The topological polar surface area (TPSA) is 25.8 Å². The first-order valence-electron chi connectivity index (χ1n) is 4.01. The quantitative estimate of drug-likeness (QED) is 0.771. The smallest absolute Gasteiger partial charge is 0.138 e. The fourth-order valence-corrected chi connectivity index (χ4v) is 2.60. The van der Waals surface area contributed by atoms with E-state index in [9.17, 15) is 0 Å². The van der Waals surface area contributed by atoms with Gasteiger partial charge in [0.25, 0.3) is 0 Å². The van der Waals surface area contributed by atoms with Gasteiger partial charge in [0.1, 0.15) is 10.0 Å². The van der Waals surface area contributed by atoms with E-state index in [0.29, 0.717) is 4.34 Å². The Morgan fingerprint density at radius 2 is 2.07 bits per heavy atom. The van der Waals surface area contributed by atoms with Crippen LogP contribution in [-0.2, 0) is 5.75 Å². The van der Waals surface area contributed by atoms with Gasteiger partial charge in [-0.05, 0) is 12.1 Å². The summed E-state index contributed by atoms with van der Waals surface area (Å²) in [5.74, 6) is 0.777. The lowest BCUT2D eigenvalue weighted by Crippen LogP contribution is -1.81. The van der Waals surface area contributed by atoms with Crippen molar-refractivity contribution in [3.8, 4) is 0 Å². The third-order valence-electron chi connectivity index (χ3n) is 1.63. The molecule has 2 rings (SSSR count). The molecule has 0 aliphatic carbocycles. The number of nitrogens with zero attached hydrogens (tertiary/aromatic N) is 2. The Hall–Kier alpha value is -0.580. The second-order valence-electron chi connectivity index (χ2n) is 2.60. The summed E-state index contributed by atoms with van der Waals surface area (Å²) in [6.45, 7) is 0. The molecule has 1 aromatic carbocycles. The van der Waals surface area contributed by atoms with Gasteiger partial charge < -0.3 is 0 Å². The van der Waals surface area contributed by atoms with Crippen LogP contribution in [0.2, 0.25) is 4.34 Å². The lowest BCUT2D eigenvalue weighted by molar-refractivity contribution is 1.07. The Morgan fingerprint density at radius 1 is 1.29 bits per heavy atom. The van der Waals surface area contributed by atoms with E-state index in [1.165, 1.54) is 16.4 Å². The third-order valence-corrected chi connectivity index (χ3v) is 3.64. The molecule has 0 spiro atoms. The van der Waals surface area contributed by atoms with Crippen LogP contribution >= 0.6 is 34.9 Å². The molecule has 2 aromatic rings. The zero-order valence-electron chi connectivity index (χ0n) is 7.18. The molecule has 72 valence electrons. The van der Waals surface area contributed by atoms with Crippen LogP contribution in [0, 0.1) is 0 Å². The van der Waals surface area contributed by atoms with Gasteiger partial charge >= 0.3 is 0 Å². The predicted octanol–water partition coefficient (Wildman–Crippen LogP) is 3.48. The van der Waals surface area contributed by atoms with E-state index in [2.05, 4.69) is 21.7 Å². The number of thioether (sulfide) groups is 1. The minimum Gasteiger partial charge on any atom is -0.141 e. The number of hydrogen-bond donors (Lipinski definition) is 0. The Kier molecular flexibility index (Phi) is 3.39. The van der Waals surface area contributed by atoms with Crippen molar-refractivity contribution in [2.45, 2.75) is 10.6 Å². The highest BCUT2D eigenvalue weighted by molar-refractivity contribution is 7.98. The van der Waals surface area contributed by atoms with E-state index < -0.39 is 0 Å². The molecule has 0 unspecified atom stereocenters. The Labute approximate surface area is 95.5 Å². The van der Waals surface area contributed by atoms with Gasteiger partial charge in [0, 0.05) is 22.2 Å². The van der Waals surface area contributed by atoms with E-state index in [-0.39, 0.29) is 0 Å². The SMILES string of the molecule is Clc1snnc1CSc1ccccc1. The maximum atomic E-state index is 5.89. The molecule has 14 heavy (non-hydrogen) atoms. The minimum absolute atomic E-state index is 0.688. The zero-order valence-corrected chi connectivity index (χ0v) is 9.57. The standard InChI is InChI=1S/C9H7ClN2S2/c10-9-8(11-12-14-9)6-13-7-4-2-1-3-5-7/h1-5H,6H2. The van der Waals surface area contributed by atoms with Crippen LogP contribution in [0.25, 0.3) is 0 Å². The fourth-order valence-electron chi connectivity index (χ4n) is 0.952. The van der Waals surface area contributed by atoms with Crippen LogP contribution in [0.1, 0.15) is 5.69 Å². The first-order chi connectivity index (χ1) is 6.86. The molecule has 0 amide bonds. The van der Waals surface area contributed by atoms with Gasteiger partial charge in [-0.2, -0.15) is 0 Å². The van der Waals surface area contributed by atoms with Gasteiger partial charge in [-0.25, -0.2) is 0 Å². The normalized spacial score (nSPS) is 10.4. The highest BCUT2D eigenvalue weighted by Gasteiger charge is 2.05. The number of halogens is 1. The first kappa shape index (κ1) is 9.96. The van der Waals surface area contributed by atoms with E-state index in [0.717, 1.165) is 11.4 Å². The van der Waals surface area contributed by atoms with Crippen LogP contribution in [-0.4, -0.2) is 9.59 Å². The lowest BCUT2D eigenvalue weighted by Gasteiger charge is -1.97. The van der Waals surface area contributed by atoms with E-state index >= 15 is 0 Å². The summed E-state index contributed by atoms with van der Waals surface area (Å²) in [5.41, 5.74) is 0.866. The van der Waals surface area contributed by atoms with Crippen molar-refractivity contribution in [3.63, 3.8) is 0 Å². The molecule has 1 aromatic heterocycles. The van der Waals surface area contributed by atoms with Crippen LogP contribution in [0.3, 0.4) is 0 Å². The van der Waals surface area contributed by atoms with Gasteiger partial charge in [-0.1, -0.05) is 34.3 Å². The van der Waals surface area contributed by atoms with Crippen molar-refractivity contribution in [1.82, 2.24) is 9.59 Å². The highest BCUT2D eigenvalue weighted by atomic mass is 35.5. The van der Waals surface area contributed by atoms with Gasteiger partial charge in [0.05, 0.1) is 0 Å². The highest BCUT2D eigenvalue weighted by Crippen LogP contribution is 2.26. The second kappa shape index (κ2) is 4.77. The molecule has 0 saturated heterocycles. The van der Waals surface area contributed by atoms with Crippen LogP contribution in [0.4, 0.5) is 0 Å². The van der Waals surface area contributed by atoms with Gasteiger partial charge in [0.15, 0.2) is 0 Å². The molecular weight excluding hydrogens is 236 g/mol. The molecule has 1 heterocycles. The molecule has 0 aliphatic rings. The molecule has 0 bridgehead atoms. The molecule has 0 saturated carbocycles. The maximum absolute atomic E-state index is 5.89. The zero-order chi connectivity index (χ0) is 9.80. The number of aromatic nitrogens is 2. The van der Waals surface area contributed by atoms with Crippen LogP contribution in [0.5, 0.6) is 0 Å². The Morgan fingerprint density at radius 3 is 2.71 bits per heavy atom. The molecule has 0 aliphatic heterocycles.